The van der Waals surface area contributed by atoms with Gasteiger partial charge in [-0.3, -0.25) is 0 Å². The highest BCUT2D eigenvalue weighted by atomic mass is 16.5. The van der Waals surface area contributed by atoms with Gasteiger partial charge in [-0.1, -0.05) is 36.4 Å². The van der Waals surface area contributed by atoms with Crippen molar-refractivity contribution in [2.24, 2.45) is 0 Å². The first-order valence-corrected chi connectivity index (χ1v) is 8.84. The smallest absolute Gasteiger partial charge is 0.338 e. The predicted octanol–water partition coefficient (Wildman–Crippen LogP) is 4.60. The number of carbonyl (C=O) groups is 1. The van der Waals surface area contributed by atoms with E-state index in [1.54, 1.807) is 35.1 Å². The number of carbonyl (C=O) groups excluding carboxylic acids is 1. The van der Waals surface area contributed by atoms with E-state index in [0.29, 0.717) is 5.56 Å². The maximum absolute atomic E-state index is 12.3. The van der Waals surface area contributed by atoms with E-state index in [1.165, 1.54) is 0 Å². The van der Waals surface area contributed by atoms with Crippen LogP contribution in [0.25, 0.3) is 16.8 Å². The third-order valence-corrected chi connectivity index (χ3v) is 4.40. The first kappa shape index (κ1) is 17.5. The highest BCUT2D eigenvalue weighted by molar-refractivity contribution is 5.90. The Morgan fingerprint density at radius 1 is 0.893 bits per heavy atom. The van der Waals surface area contributed by atoms with Gasteiger partial charge in [0.05, 0.1) is 11.3 Å². The summed E-state index contributed by atoms with van der Waals surface area (Å²) in [4.78, 5) is 12.3. The number of phenolic OH excluding ortho intramolecular Hbond substituents is 1. The fourth-order valence-electron chi connectivity index (χ4n) is 2.85. The van der Waals surface area contributed by atoms with Gasteiger partial charge >= 0.3 is 5.97 Å². The molecule has 1 N–H and O–H groups in total. The highest BCUT2D eigenvalue weighted by Crippen LogP contribution is 2.22. The summed E-state index contributed by atoms with van der Waals surface area (Å²) in [6.07, 6.45) is 3.60. The molecule has 0 amide bonds. The van der Waals surface area contributed by atoms with Crippen molar-refractivity contribution >= 4 is 5.97 Å². The van der Waals surface area contributed by atoms with E-state index in [1.807, 2.05) is 60.8 Å². The molecule has 0 aliphatic heterocycles. The van der Waals surface area contributed by atoms with Crippen molar-refractivity contribution < 1.29 is 14.6 Å². The van der Waals surface area contributed by atoms with Crippen molar-refractivity contribution in [2.75, 3.05) is 0 Å². The summed E-state index contributed by atoms with van der Waals surface area (Å²) in [7, 11) is 0. The molecule has 0 fully saturated rings. The first-order chi connectivity index (χ1) is 13.7. The van der Waals surface area contributed by atoms with Gasteiger partial charge in [0.15, 0.2) is 0 Å². The molecule has 0 bridgehead atoms. The van der Waals surface area contributed by atoms with Crippen LogP contribution in [0.4, 0.5) is 0 Å². The van der Waals surface area contributed by atoms with E-state index in [4.69, 9.17) is 4.74 Å². The Balaban J connectivity index is 1.37. The highest BCUT2D eigenvalue weighted by Gasteiger charge is 2.08. The van der Waals surface area contributed by atoms with Crippen LogP contribution >= 0.6 is 0 Å². The van der Waals surface area contributed by atoms with E-state index >= 15 is 0 Å². The van der Waals surface area contributed by atoms with Crippen LogP contribution in [0.15, 0.2) is 91.3 Å². The van der Waals surface area contributed by atoms with Crippen molar-refractivity contribution in [3.8, 4) is 22.6 Å². The van der Waals surface area contributed by atoms with Crippen LogP contribution < -0.4 is 0 Å². The molecule has 0 radical (unpaired) electrons. The Kier molecular flexibility index (Phi) is 4.89. The van der Waals surface area contributed by atoms with Crippen LogP contribution in [0.2, 0.25) is 0 Å². The van der Waals surface area contributed by atoms with Gasteiger partial charge in [-0.15, -0.1) is 0 Å². The number of rotatable bonds is 5. The van der Waals surface area contributed by atoms with E-state index < -0.39 is 0 Å². The summed E-state index contributed by atoms with van der Waals surface area (Å²) in [5.74, 6) is -0.144. The second-order valence-electron chi connectivity index (χ2n) is 6.32. The number of nitrogens with zero attached hydrogens (tertiary/aromatic N) is 2. The van der Waals surface area contributed by atoms with E-state index in [-0.39, 0.29) is 18.3 Å². The molecule has 28 heavy (non-hydrogen) atoms. The van der Waals surface area contributed by atoms with Gasteiger partial charge in [0, 0.05) is 12.4 Å². The molecule has 5 heteroatoms. The number of hydrogen-bond donors (Lipinski definition) is 1. The average molecular weight is 370 g/mol. The average Bonchev–Trinajstić information content (AvgIpc) is 3.28. The summed E-state index contributed by atoms with van der Waals surface area (Å²) in [5.41, 5.74) is 4.28. The zero-order valence-corrected chi connectivity index (χ0v) is 15.0. The number of aromatic nitrogens is 2. The van der Waals surface area contributed by atoms with Crippen LogP contribution in [0.1, 0.15) is 15.9 Å². The Morgan fingerprint density at radius 3 is 2.14 bits per heavy atom. The van der Waals surface area contributed by atoms with E-state index in [0.717, 1.165) is 22.4 Å². The lowest BCUT2D eigenvalue weighted by Gasteiger charge is -2.07. The molecule has 0 aliphatic rings. The van der Waals surface area contributed by atoms with Crippen LogP contribution in [-0.4, -0.2) is 20.9 Å². The molecule has 1 heterocycles. The van der Waals surface area contributed by atoms with Crippen molar-refractivity contribution in [2.45, 2.75) is 6.61 Å². The number of hydrogen-bond acceptors (Lipinski definition) is 4. The SMILES string of the molecule is O=C(OCc1ccc(-n2cccn2)cc1)c1ccc(-c2ccc(O)cc2)cc1. The number of esters is 1. The number of phenols is 1. The minimum absolute atomic E-state index is 0.206. The fraction of sp³-hybridized carbons (Fsp3) is 0.0435. The minimum atomic E-state index is -0.367. The molecule has 0 atom stereocenters. The van der Waals surface area contributed by atoms with Crippen molar-refractivity contribution in [3.05, 3.63) is 102 Å². The van der Waals surface area contributed by atoms with Gasteiger partial charge in [0.25, 0.3) is 0 Å². The van der Waals surface area contributed by atoms with Gasteiger partial charge < -0.3 is 9.84 Å². The molecular formula is C23H18N2O3. The molecule has 1 aromatic heterocycles. The number of aromatic hydroxyl groups is 1. The van der Waals surface area contributed by atoms with Crippen LogP contribution in [0.3, 0.4) is 0 Å². The minimum Gasteiger partial charge on any atom is -0.508 e. The molecule has 0 aliphatic carbocycles. The van der Waals surface area contributed by atoms with Crippen LogP contribution in [0.5, 0.6) is 5.75 Å². The molecule has 5 nitrogen and oxygen atoms in total. The maximum Gasteiger partial charge on any atom is 0.338 e. The Labute approximate surface area is 162 Å². The summed E-state index contributed by atoms with van der Waals surface area (Å²) in [6.45, 7) is 0.206. The molecule has 4 rings (SSSR count). The van der Waals surface area contributed by atoms with E-state index in [2.05, 4.69) is 5.10 Å². The topological polar surface area (TPSA) is 64.4 Å². The second kappa shape index (κ2) is 7.80. The summed E-state index contributed by atoms with van der Waals surface area (Å²) in [5, 5.41) is 13.6. The normalized spacial score (nSPS) is 10.6. The summed E-state index contributed by atoms with van der Waals surface area (Å²) in [6, 6.07) is 23.7. The van der Waals surface area contributed by atoms with Gasteiger partial charge in [-0.2, -0.15) is 5.10 Å². The quantitative estimate of drug-likeness (QED) is 0.522. The van der Waals surface area contributed by atoms with E-state index in [9.17, 15) is 9.90 Å². The molecule has 3 aromatic carbocycles. The Bertz CT molecular complexity index is 1050. The molecule has 138 valence electrons. The Morgan fingerprint density at radius 2 is 1.54 bits per heavy atom. The molecule has 0 saturated carbocycles. The van der Waals surface area contributed by atoms with Gasteiger partial charge in [0.1, 0.15) is 12.4 Å². The standard InChI is InChI=1S/C23H18N2O3/c26-22-12-8-19(9-13-22)18-4-6-20(7-5-18)23(27)28-16-17-2-10-21(11-3-17)25-15-1-14-24-25/h1-15,26H,16H2. The van der Waals surface area contributed by atoms with Gasteiger partial charge in [0.2, 0.25) is 0 Å². The second-order valence-corrected chi connectivity index (χ2v) is 6.32. The fourth-order valence-corrected chi connectivity index (χ4v) is 2.85. The van der Waals surface area contributed by atoms with Crippen LogP contribution in [-0.2, 0) is 11.3 Å². The molecule has 4 aromatic rings. The van der Waals surface area contributed by atoms with Crippen molar-refractivity contribution in [1.29, 1.82) is 0 Å². The monoisotopic (exact) mass is 370 g/mol. The van der Waals surface area contributed by atoms with Crippen molar-refractivity contribution in [1.82, 2.24) is 9.78 Å². The number of benzene rings is 3. The molecule has 0 saturated heterocycles. The number of ether oxygens (including phenoxy) is 1. The van der Waals surface area contributed by atoms with Crippen molar-refractivity contribution in [3.63, 3.8) is 0 Å². The molecular weight excluding hydrogens is 352 g/mol. The Hall–Kier alpha value is -3.86. The third-order valence-electron chi connectivity index (χ3n) is 4.40. The largest absolute Gasteiger partial charge is 0.508 e. The van der Waals surface area contributed by atoms with Gasteiger partial charge in [-0.25, -0.2) is 9.48 Å². The molecule has 0 spiro atoms. The predicted molar refractivity (Wildman–Crippen MR) is 106 cm³/mol. The summed E-state index contributed by atoms with van der Waals surface area (Å²) >= 11 is 0. The van der Waals surface area contributed by atoms with Crippen LogP contribution in [0, 0.1) is 0 Å². The molecule has 0 unspecified atom stereocenters. The zero-order chi connectivity index (χ0) is 19.3. The third kappa shape index (κ3) is 3.94. The zero-order valence-electron chi connectivity index (χ0n) is 15.0. The maximum atomic E-state index is 12.3. The summed E-state index contributed by atoms with van der Waals surface area (Å²) < 4.78 is 7.18. The lowest BCUT2D eigenvalue weighted by atomic mass is 10.0. The lowest BCUT2D eigenvalue weighted by molar-refractivity contribution is 0.0473. The van der Waals surface area contributed by atoms with Gasteiger partial charge in [-0.05, 0) is 59.2 Å². The first-order valence-electron chi connectivity index (χ1n) is 8.84. The lowest BCUT2D eigenvalue weighted by Crippen LogP contribution is -2.05.